The zero-order valence-electron chi connectivity index (χ0n) is 18.8. The Morgan fingerprint density at radius 3 is 2.24 bits per heavy atom. The van der Waals surface area contributed by atoms with Crippen LogP contribution in [-0.2, 0) is 14.3 Å². The largest absolute Gasteiger partial charge is 0.480 e. The Kier molecular flexibility index (Phi) is 4.96. The molecular weight excluding hydrogens is 420 g/mol. The predicted octanol–water partition coefficient (Wildman–Crippen LogP) is 3.67. The maximum atomic E-state index is 12.8. The van der Waals surface area contributed by atoms with Crippen molar-refractivity contribution >= 4 is 18.0 Å². The van der Waals surface area contributed by atoms with E-state index in [1.54, 1.807) is 0 Å². The van der Waals surface area contributed by atoms with E-state index in [0.29, 0.717) is 12.8 Å². The van der Waals surface area contributed by atoms with E-state index in [1.165, 1.54) is 25.0 Å². The van der Waals surface area contributed by atoms with Gasteiger partial charge < -0.3 is 20.5 Å². The Morgan fingerprint density at radius 1 is 1.03 bits per heavy atom. The van der Waals surface area contributed by atoms with E-state index in [4.69, 9.17) is 4.74 Å². The number of benzene rings is 2. The third-order valence-electron chi connectivity index (χ3n) is 7.49. The fraction of sp³-hybridized carbons (Fsp3) is 0.423. The van der Waals surface area contributed by atoms with Crippen LogP contribution in [0, 0.1) is 11.3 Å². The average Bonchev–Trinajstić information content (AvgIpc) is 3.20. The van der Waals surface area contributed by atoms with Crippen LogP contribution in [0.15, 0.2) is 48.5 Å². The third-order valence-corrected chi connectivity index (χ3v) is 7.49. The van der Waals surface area contributed by atoms with Gasteiger partial charge in [0.25, 0.3) is 0 Å². The molecule has 0 radical (unpaired) electrons. The van der Waals surface area contributed by atoms with E-state index < -0.39 is 23.0 Å². The number of hydrogen-bond donors (Lipinski definition) is 3. The number of amides is 2. The molecule has 0 aliphatic heterocycles. The van der Waals surface area contributed by atoms with E-state index >= 15 is 0 Å². The van der Waals surface area contributed by atoms with Gasteiger partial charge in [-0.25, -0.2) is 9.59 Å². The summed E-state index contributed by atoms with van der Waals surface area (Å²) >= 11 is 0. The van der Waals surface area contributed by atoms with Crippen molar-refractivity contribution < 1.29 is 24.2 Å². The molecule has 3 aliphatic rings. The molecule has 0 saturated heterocycles. The van der Waals surface area contributed by atoms with Crippen LogP contribution in [0.5, 0.6) is 0 Å². The zero-order chi connectivity index (χ0) is 23.4. The lowest BCUT2D eigenvalue weighted by Gasteiger charge is -2.25. The Morgan fingerprint density at radius 2 is 1.64 bits per heavy atom. The van der Waals surface area contributed by atoms with Crippen LogP contribution in [0.2, 0.25) is 0 Å². The summed E-state index contributed by atoms with van der Waals surface area (Å²) in [6, 6.07) is 16.2. The molecule has 33 heavy (non-hydrogen) atoms. The van der Waals surface area contributed by atoms with Crippen LogP contribution in [0.3, 0.4) is 0 Å². The number of rotatable bonds is 6. The van der Waals surface area contributed by atoms with Gasteiger partial charge in [-0.3, -0.25) is 4.79 Å². The number of fused-ring (bicyclic) bond motifs is 4. The lowest BCUT2D eigenvalue weighted by atomic mass is 9.98. The molecule has 5 rings (SSSR count). The number of carbonyl (C=O) groups excluding carboxylic acids is 2. The molecule has 3 aliphatic carbocycles. The van der Waals surface area contributed by atoms with Gasteiger partial charge in [0.05, 0.1) is 5.41 Å². The van der Waals surface area contributed by atoms with Gasteiger partial charge in [0.15, 0.2) is 0 Å². The average molecular weight is 449 g/mol. The summed E-state index contributed by atoms with van der Waals surface area (Å²) in [5.41, 5.74) is 2.77. The molecule has 0 aromatic heterocycles. The van der Waals surface area contributed by atoms with Crippen molar-refractivity contribution in [3.63, 3.8) is 0 Å². The summed E-state index contributed by atoms with van der Waals surface area (Å²) in [6.45, 7) is 3.19. The minimum Gasteiger partial charge on any atom is -0.480 e. The van der Waals surface area contributed by atoms with Gasteiger partial charge in [-0.05, 0) is 61.3 Å². The smallest absolute Gasteiger partial charge is 0.407 e. The molecule has 172 valence electrons. The van der Waals surface area contributed by atoms with Crippen molar-refractivity contribution in [2.45, 2.75) is 50.6 Å². The summed E-state index contributed by atoms with van der Waals surface area (Å²) in [4.78, 5) is 36.7. The first kappa shape index (κ1) is 21.5. The predicted molar refractivity (Wildman–Crippen MR) is 122 cm³/mol. The van der Waals surface area contributed by atoms with Gasteiger partial charge in [-0.1, -0.05) is 48.5 Å². The van der Waals surface area contributed by atoms with Crippen molar-refractivity contribution in [1.29, 1.82) is 0 Å². The highest BCUT2D eigenvalue weighted by Gasteiger charge is 2.65. The highest BCUT2D eigenvalue weighted by atomic mass is 16.5. The quantitative estimate of drug-likeness (QED) is 0.625. The van der Waals surface area contributed by atoms with E-state index in [-0.39, 0.29) is 30.4 Å². The number of alkyl carbamates (subject to hydrolysis) is 1. The summed E-state index contributed by atoms with van der Waals surface area (Å²) in [5.74, 6) is -1.15. The SMILES string of the molecule is CC(C)(NC(=O)[C@@]12C[C@@H](NC(=O)OCC3c4ccccc4-c4ccccc43)C[C@@H]1C2)C(=O)O. The summed E-state index contributed by atoms with van der Waals surface area (Å²) in [7, 11) is 0. The normalized spacial score (nSPS) is 24.9. The van der Waals surface area contributed by atoms with E-state index in [1.807, 2.05) is 24.3 Å². The summed E-state index contributed by atoms with van der Waals surface area (Å²) in [6.07, 6.45) is 1.45. The van der Waals surface area contributed by atoms with Crippen molar-refractivity contribution in [2.75, 3.05) is 6.61 Å². The first-order valence-corrected chi connectivity index (χ1v) is 11.4. The van der Waals surface area contributed by atoms with Crippen LogP contribution in [0.1, 0.15) is 50.2 Å². The second-order valence-electron chi connectivity index (χ2n) is 10.0. The Hall–Kier alpha value is -3.35. The molecule has 2 aromatic rings. The molecule has 0 bridgehead atoms. The highest BCUT2D eigenvalue weighted by Crippen LogP contribution is 2.63. The van der Waals surface area contributed by atoms with Gasteiger partial charge in [0.1, 0.15) is 12.1 Å². The lowest BCUT2D eigenvalue weighted by Crippen LogP contribution is -2.52. The molecule has 0 spiro atoms. The minimum absolute atomic E-state index is 0.00417. The van der Waals surface area contributed by atoms with E-state index in [9.17, 15) is 19.5 Å². The molecule has 0 heterocycles. The standard InChI is InChI=1S/C26H28N2O5/c1-25(2,23(30)31)28-22(29)26-12-15(26)11-16(13-26)27-24(32)33-14-21-19-9-5-3-7-17(19)18-8-4-6-10-20(18)21/h3-10,15-16,21H,11-14H2,1-2H3,(H,27,32)(H,28,29)(H,30,31)/t15-,16+,26+/m1/s1. The third kappa shape index (κ3) is 3.65. The maximum absolute atomic E-state index is 12.8. The fourth-order valence-corrected chi connectivity index (χ4v) is 5.56. The van der Waals surface area contributed by atoms with Gasteiger partial charge in [-0.15, -0.1) is 0 Å². The zero-order valence-corrected chi connectivity index (χ0v) is 18.8. The Labute approximate surface area is 192 Å². The second-order valence-corrected chi connectivity index (χ2v) is 10.0. The number of aliphatic carboxylic acids is 1. The molecule has 2 aromatic carbocycles. The maximum Gasteiger partial charge on any atom is 0.407 e. The van der Waals surface area contributed by atoms with Crippen LogP contribution >= 0.6 is 0 Å². The molecule has 3 atom stereocenters. The fourth-order valence-electron chi connectivity index (χ4n) is 5.56. The van der Waals surface area contributed by atoms with Gasteiger partial charge in [-0.2, -0.15) is 0 Å². The number of carbonyl (C=O) groups is 3. The van der Waals surface area contributed by atoms with Crippen LogP contribution in [0.4, 0.5) is 4.79 Å². The van der Waals surface area contributed by atoms with Crippen molar-refractivity contribution in [2.24, 2.45) is 11.3 Å². The van der Waals surface area contributed by atoms with Crippen molar-refractivity contribution in [3.8, 4) is 11.1 Å². The topological polar surface area (TPSA) is 105 Å². The molecule has 2 amide bonds. The molecule has 2 fully saturated rings. The molecular formula is C26H28N2O5. The van der Waals surface area contributed by atoms with E-state index in [0.717, 1.165) is 17.5 Å². The van der Waals surface area contributed by atoms with E-state index in [2.05, 4.69) is 34.9 Å². The number of nitrogens with one attached hydrogen (secondary N) is 2. The molecule has 7 nitrogen and oxygen atoms in total. The van der Waals surface area contributed by atoms with Crippen LogP contribution in [-0.4, -0.2) is 41.3 Å². The Bertz CT molecular complexity index is 1100. The molecule has 7 heteroatoms. The van der Waals surface area contributed by atoms with Gasteiger partial charge in [0.2, 0.25) is 5.91 Å². The highest BCUT2D eigenvalue weighted by molar-refractivity contribution is 5.92. The first-order valence-electron chi connectivity index (χ1n) is 11.4. The van der Waals surface area contributed by atoms with Crippen LogP contribution < -0.4 is 10.6 Å². The number of carboxylic acids is 1. The van der Waals surface area contributed by atoms with Gasteiger partial charge in [0, 0.05) is 12.0 Å². The van der Waals surface area contributed by atoms with Gasteiger partial charge >= 0.3 is 12.1 Å². The monoisotopic (exact) mass is 448 g/mol. The molecule has 0 unspecified atom stereocenters. The van der Waals surface area contributed by atoms with Crippen molar-refractivity contribution in [1.82, 2.24) is 10.6 Å². The number of ether oxygens (including phenoxy) is 1. The minimum atomic E-state index is -1.32. The van der Waals surface area contributed by atoms with Crippen molar-refractivity contribution in [3.05, 3.63) is 59.7 Å². The van der Waals surface area contributed by atoms with Crippen LogP contribution in [0.25, 0.3) is 11.1 Å². The summed E-state index contributed by atoms with van der Waals surface area (Å²) < 4.78 is 5.63. The second kappa shape index (κ2) is 7.61. The number of hydrogen-bond acceptors (Lipinski definition) is 4. The molecule has 3 N–H and O–H groups in total. The first-order chi connectivity index (χ1) is 15.7. The number of carboxylic acid groups (broad SMARTS) is 1. The molecule has 2 saturated carbocycles. The lowest BCUT2D eigenvalue weighted by molar-refractivity contribution is -0.147. The summed E-state index contributed by atoms with van der Waals surface area (Å²) in [5, 5.41) is 14.9. The Balaban J connectivity index is 1.18.